The Morgan fingerprint density at radius 2 is 1.68 bits per heavy atom. The molecule has 0 bridgehead atoms. The van der Waals surface area contributed by atoms with Crippen molar-refractivity contribution in [2.45, 2.75) is 0 Å². The first-order valence-electron chi connectivity index (χ1n) is 10.3. The van der Waals surface area contributed by atoms with Gasteiger partial charge in [0.2, 0.25) is 5.95 Å². The van der Waals surface area contributed by atoms with Gasteiger partial charge in [-0.15, -0.1) is 0 Å². The first-order chi connectivity index (χ1) is 16.3. The van der Waals surface area contributed by atoms with Crippen LogP contribution in [-0.2, 0) is 19.0 Å². The van der Waals surface area contributed by atoms with Crippen molar-refractivity contribution < 1.29 is 26.5 Å². The molecule has 0 radical (unpaired) electrons. The topological polar surface area (TPSA) is 124 Å². The number of halogens is 1. The largest absolute Gasteiger partial charge is 0.491 e. The van der Waals surface area contributed by atoms with Crippen molar-refractivity contribution in [3.05, 3.63) is 60.5 Å². The fraction of sp³-hybridized carbons (Fsp3) is 0.273. The van der Waals surface area contributed by atoms with Crippen LogP contribution < -0.4 is 20.7 Å². The molecule has 0 saturated carbocycles. The molecule has 3 rings (SSSR count). The molecule has 0 saturated heterocycles. The Kier molecular flexibility index (Phi) is 8.96. The number of aromatic nitrogens is 2. The number of hydrogen-bond acceptors (Lipinski definition) is 10. The van der Waals surface area contributed by atoms with Crippen LogP contribution in [0.1, 0.15) is 0 Å². The molecule has 3 N–H and O–H groups in total. The van der Waals surface area contributed by atoms with Gasteiger partial charge >= 0.3 is 0 Å². The molecule has 0 unspecified atom stereocenters. The number of rotatable bonds is 13. The third-order valence-electron chi connectivity index (χ3n) is 4.29. The zero-order valence-electron chi connectivity index (χ0n) is 18.7. The number of ether oxygens (including phenoxy) is 2. The maximum absolute atomic E-state index is 14.2. The average molecular weight is 492 g/mol. The highest BCUT2D eigenvalue weighted by Crippen LogP contribution is 2.23. The number of benzene rings is 2. The summed E-state index contributed by atoms with van der Waals surface area (Å²) in [5, 5.41) is 9.00. The standard InChI is InChI=1S/C22H26FN5O5S/c1-24-17-4-3-5-18(14-17)26-21-20(23)15-25-22(28-21)27-16-6-8-19(9-7-16)32-12-10-31-11-13-33-34(2,29)30/h3-9,14-15,24H,10-13H2,1-2H3,(H2,25,26,27,28). The van der Waals surface area contributed by atoms with Crippen LogP contribution in [0.4, 0.5) is 33.2 Å². The summed E-state index contributed by atoms with van der Waals surface area (Å²) < 4.78 is 51.3. The van der Waals surface area contributed by atoms with Crippen LogP contribution in [0, 0.1) is 5.82 Å². The quantitative estimate of drug-likeness (QED) is 0.242. The zero-order chi connectivity index (χ0) is 24.4. The van der Waals surface area contributed by atoms with Gasteiger partial charge < -0.3 is 25.4 Å². The predicted molar refractivity (Wildman–Crippen MR) is 128 cm³/mol. The molecule has 34 heavy (non-hydrogen) atoms. The van der Waals surface area contributed by atoms with Gasteiger partial charge in [0.1, 0.15) is 12.4 Å². The van der Waals surface area contributed by atoms with Crippen LogP contribution in [0.25, 0.3) is 0 Å². The Labute approximate surface area is 197 Å². The fourth-order valence-corrected chi connectivity index (χ4v) is 3.10. The van der Waals surface area contributed by atoms with Gasteiger partial charge in [-0.1, -0.05) is 6.07 Å². The van der Waals surface area contributed by atoms with E-state index in [1.807, 2.05) is 24.3 Å². The molecule has 0 aliphatic carbocycles. The van der Waals surface area contributed by atoms with Gasteiger partial charge in [0, 0.05) is 24.1 Å². The van der Waals surface area contributed by atoms with Gasteiger partial charge in [0.05, 0.1) is 32.3 Å². The molecule has 0 atom stereocenters. The van der Waals surface area contributed by atoms with E-state index in [1.54, 1.807) is 31.3 Å². The lowest BCUT2D eigenvalue weighted by molar-refractivity contribution is 0.0781. The second kappa shape index (κ2) is 12.1. The molecular weight excluding hydrogens is 465 g/mol. The van der Waals surface area contributed by atoms with Crippen molar-refractivity contribution in [3.63, 3.8) is 0 Å². The van der Waals surface area contributed by atoms with Crippen LogP contribution in [0.3, 0.4) is 0 Å². The lowest BCUT2D eigenvalue weighted by Gasteiger charge is -2.11. The molecule has 0 amide bonds. The summed E-state index contributed by atoms with van der Waals surface area (Å²) in [6.07, 6.45) is 2.08. The molecule has 10 nitrogen and oxygen atoms in total. The van der Waals surface area contributed by atoms with E-state index >= 15 is 0 Å². The SMILES string of the molecule is CNc1cccc(Nc2nc(Nc3ccc(OCCOCCOS(C)(=O)=O)cc3)ncc2F)c1. The van der Waals surface area contributed by atoms with Crippen molar-refractivity contribution in [2.24, 2.45) is 0 Å². The predicted octanol–water partition coefficient (Wildman–Crippen LogP) is 3.52. The van der Waals surface area contributed by atoms with E-state index in [0.29, 0.717) is 17.1 Å². The maximum Gasteiger partial charge on any atom is 0.264 e. The summed E-state index contributed by atoms with van der Waals surface area (Å²) in [6.45, 7) is 0.680. The molecule has 2 aromatic carbocycles. The van der Waals surface area contributed by atoms with Crippen LogP contribution in [0.2, 0.25) is 0 Å². The van der Waals surface area contributed by atoms with Crippen molar-refractivity contribution in [2.75, 3.05) is 55.7 Å². The Balaban J connectivity index is 1.48. The summed E-state index contributed by atoms with van der Waals surface area (Å²) in [5.41, 5.74) is 2.26. The molecular formula is C22H26FN5O5S. The lowest BCUT2D eigenvalue weighted by atomic mass is 10.3. The van der Waals surface area contributed by atoms with E-state index in [2.05, 4.69) is 30.1 Å². The molecule has 0 aliphatic rings. The second-order valence-corrected chi connectivity index (χ2v) is 8.63. The smallest absolute Gasteiger partial charge is 0.264 e. The highest BCUT2D eigenvalue weighted by molar-refractivity contribution is 7.85. The minimum atomic E-state index is -3.46. The minimum absolute atomic E-state index is 0.0375. The van der Waals surface area contributed by atoms with Gasteiger partial charge in [-0.25, -0.2) is 9.37 Å². The van der Waals surface area contributed by atoms with Crippen molar-refractivity contribution in [1.82, 2.24) is 9.97 Å². The molecule has 182 valence electrons. The maximum atomic E-state index is 14.2. The molecule has 12 heteroatoms. The second-order valence-electron chi connectivity index (χ2n) is 6.98. The number of nitrogens with zero attached hydrogens (tertiary/aromatic N) is 2. The van der Waals surface area contributed by atoms with Gasteiger partial charge in [0.15, 0.2) is 11.6 Å². The number of anilines is 5. The molecule has 0 aliphatic heterocycles. The van der Waals surface area contributed by atoms with Crippen molar-refractivity contribution in [1.29, 1.82) is 0 Å². The lowest BCUT2D eigenvalue weighted by Crippen LogP contribution is -2.13. The van der Waals surface area contributed by atoms with E-state index in [1.165, 1.54) is 0 Å². The third kappa shape index (κ3) is 8.46. The van der Waals surface area contributed by atoms with Crippen molar-refractivity contribution >= 4 is 38.9 Å². The van der Waals surface area contributed by atoms with Gasteiger partial charge in [0.25, 0.3) is 10.1 Å². The highest BCUT2D eigenvalue weighted by Gasteiger charge is 2.08. The normalized spacial score (nSPS) is 11.1. The van der Waals surface area contributed by atoms with Crippen LogP contribution in [0.5, 0.6) is 5.75 Å². The third-order valence-corrected chi connectivity index (χ3v) is 4.88. The van der Waals surface area contributed by atoms with Crippen LogP contribution in [0.15, 0.2) is 54.7 Å². The Bertz CT molecular complexity index is 1180. The average Bonchev–Trinajstić information content (AvgIpc) is 2.81. The van der Waals surface area contributed by atoms with E-state index < -0.39 is 15.9 Å². The van der Waals surface area contributed by atoms with Gasteiger partial charge in [-0.05, 0) is 42.5 Å². The van der Waals surface area contributed by atoms with E-state index in [9.17, 15) is 12.8 Å². The summed E-state index contributed by atoms with van der Waals surface area (Å²) in [5.74, 6) is 0.322. The van der Waals surface area contributed by atoms with Gasteiger partial charge in [-0.3, -0.25) is 4.18 Å². The first kappa shape index (κ1) is 25.1. The van der Waals surface area contributed by atoms with Crippen LogP contribution in [-0.4, -0.2) is 58.1 Å². The van der Waals surface area contributed by atoms with E-state index in [-0.39, 0.29) is 38.2 Å². The summed E-state index contributed by atoms with van der Waals surface area (Å²) >= 11 is 0. The molecule has 1 heterocycles. The van der Waals surface area contributed by atoms with E-state index in [4.69, 9.17) is 9.47 Å². The number of nitrogens with one attached hydrogen (secondary N) is 3. The minimum Gasteiger partial charge on any atom is -0.491 e. The van der Waals surface area contributed by atoms with Crippen LogP contribution >= 0.6 is 0 Å². The highest BCUT2D eigenvalue weighted by atomic mass is 32.2. The fourth-order valence-electron chi connectivity index (χ4n) is 2.73. The molecule has 3 aromatic rings. The molecule has 1 aromatic heterocycles. The summed E-state index contributed by atoms with van der Waals surface area (Å²) in [6, 6.07) is 14.4. The Morgan fingerprint density at radius 3 is 2.41 bits per heavy atom. The summed E-state index contributed by atoms with van der Waals surface area (Å²) in [4.78, 5) is 8.20. The zero-order valence-corrected chi connectivity index (χ0v) is 19.6. The Morgan fingerprint density at radius 1 is 0.941 bits per heavy atom. The monoisotopic (exact) mass is 491 g/mol. The number of hydrogen-bond donors (Lipinski definition) is 3. The van der Waals surface area contributed by atoms with E-state index in [0.717, 1.165) is 18.1 Å². The molecule has 0 fully saturated rings. The Hall–Kier alpha value is -3.48. The first-order valence-corrected chi connectivity index (χ1v) is 12.1. The van der Waals surface area contributed by atoms with Crippen molar-refractivity contribution in [3.8, 4) is 5.75 Å². The van der Waals surface area contributed by atoms with Gasteiger partial charge in [-0.2, -0.15) is 13.4 Å². The molecule has 0 spiro atoms. The summed E-state index contributed by atoms with van der Waals surface area (Å²) in [7, 11) is -1.66.